The molecular formula is C14H21NO2. The molecule has 0 aromatic heterocycles. The van der Waals surface area contributed by atoms with Gasteiger partial charge in [0.25, 0.3) is 0 Å². The van der Waals surface area contributed by atoms with Crippen LogP contribution >= 0.6 is 0 Å². The van der Waals surface area contributed by atoms with Gasteiger partial charge >= 0.3 is 0 Å². The van der Waals surface area contributed by atoms with Gasteiger partial charge in [0, 0.05) is 18.0 Å². The molecule has 0 spiro atoms. The van der Waals surface area contributed by atoms with E-state index in [-0.39, 0.29) is 11.8 Å². The van der Waals surface area contributed by atoms with Crippen molar-refractivity contribution >= 4 is 5.78 Å². The lowest BCUT2D eigenvalue weighted by molar-refractivity contribution is 0.0979. The van der Waals surface area contributed by atoms with E-state index in [1.165, 1.54) is 0 Å². The number of carbonyl (C=O) groups is 1. The van der Waals surface area contributed by atoms with Gasteiger partial charge in [0.1, 0.15) is 5.75 Å². The molecule has 0 radical (unpaired) electrons. The van der Waals surface area contributed by atoms with Crippen LogP contribution in [0.25, 0.3) is 0 Å². The number of carbonyl (C=O) groups excluding carboxylic acids is 1. The third-order valence-corrected chi connectivity index (χ3v) is 2.55. The van der Waals surface area contributed by atoms with Crippen LogP contribution in [0.5, 0.6) is 5.75 Å². The van der Waals surface area contributed by atoms with Gasteiger partial charge in [-0.15, -0.1) is 0 Å². The number of nitrogens with two attached hydrogens (primary N) is 1. The Labute approximate surface area is 103 Å². The Morgan fingerprint density at radius 1 is 1.35 bits per heavy atom. The molecule has 3 heteroatoms. The summed E-state index contributed by atoms with van der Waals surface area (Å²) >= 11 is 0. The smallest absolute Gasteiger partial charge is 0.162 e. The first-order chi connectivity index (χ1) is 8.13. The van der Waals surface area contributed by atoms with Crippen molar-refractivity contribution in [3.63, 3.8) is 0 Å². The quantitative estimate of drug-likeness (QED) is 0.739. The number of benzene rings is 1. The van der Waals surface area contributed by atoms with Crippen molar-refractivity contribution in [2.45, 2.75) is 39.2 Å². The van der Waals surface area contributed by atoms with Crippen molar-refractivity contribution in [3.8, 4) is 5.75 Å². The average molecular weight is 235 g/mol. The Hall–Kier alpha value is -1.35. The maximum absolute atomic E-state index is 11.8. The number of hydrogen-bond acceptors (Lipinski definition) is 3. The summed E-state index contributed by atoms with van der Waals surface area (Å²) < 4.78 is 5.33. The lowest BCUT2D eigenvalue weighted by Gasteiger charge is -2.06. The fraction of sp³-hybridized carbons (Fsp3) is 0.500. The largest absolute Gasteiger partial charge is 0.494 e. The van der Waals surface area contributed by atoms with Crippen LogP contribution in [0.4, 0.5) is 0 Å². The van der Waals surface area contributed by atoms with Gasteiger partial charge in [-0.05, 0) is 51.0 Å². The zero-order chi connectivity index (χ0) is 12.7. The lowest BCUT2D eigenvalue weighted by atomic mass is 10.0. The van der Waals surface area contributed by atoms with Gasteiger partial charge in [-0.25, -0.2) is 0 Å². The van der Waals surface area contributed by atoms with Crippen LogP contribution in [0.1, 0.15) is 43.5 Å². The molecule has 0 fully saturated rings. The van der Waals surface area contributed by atoms with Crippen molar-refractivity contribution in [1.29, 1.82) is 0 Å². The van der Waals surface area contributed by atoms with Gasteiger partial charge < -0.3 is 10.5 Å². The van der Waals surface area contributed by atoms with Crippen LogP contribution in [0.3, 0.4) is 0 Å². The Balaban J connectivity index is 2.46. The molecule has 0 saturated carbocycles. The van der Waals surface area contributed by atoms with Gasteiger partial charge in [0.2, 0.25) is 0 Å². The van der Waals surface area contributed by atoms with Gasteiger partial charge in [-0.3, -0.25) is 4.79 Å². The van der Waals surface area contributed by atoms with E-state index in [1.807, 2.05) is 38.1 Å². The van der Waals surface area contributed by atoms with Crippen molar-refractivity contribution in [1.82, 2.24) is 0 Å². The monoisotopic (exact) mass is 235 g/mol. The standard InChI is InChI=1S/C14H21NO2/c1-3-17-13-9-7-12(8-10-13)14(16)6-4-5-11(2)15/h7-11H,3-6,15H2,1-2H3. The van der Waals surface area contributed by atoms with Gasteiger partial charge in [-0.2, -0.15) is 0 Å². The minimum absolute atomic E-state index is 0.170. The van der Waals surface area contributed by atoms with Crippen LogP contribution in [0, 0.1) is 0 Å². The lowest BCUT2D eigenvalue weighted by Crippen LogP contribution is -2.14. The second kappa shape index (κ2) is 7.07. The summed E-state index contributed by atoms with van der Waals surface area (Å²) in [6.45, 7) is 4.54. The molecule has 0 bridgehead atoms. The molecule has 94 valence electrons. The summed E-state index contributed by atoms with van der Waals surface area (Å²) in [6.07, 6.45) is 2.31. The minimum atomic E-state index is 0.170. The van der Waals surface area contributed by atoms with Crippen LogP contribution in [0.2, 0.25) is 0 Å². The van der Waals surface area contributed by atoms with E-state index in [4.69, 9.17) is 10.5 Å². The zero-order valence-corrected chi connectivity index (χ0v) is 10.6. The number of rotatable bonds is 7. The molecule has 2 N–H and O–H groups in total. The first-order valence-corrected chi connectivity index (χ1v) is 6.15. The maximum Gasteiger partial charge on any atom is 0.162 e. The fourth-order valence-corrected chi connectivity index (χ4v) is 1.63. The SMILES string of the molecule is CCOc1ccc(C(=O)CCCC(C)N)cc1. The first kappa shape index (κ1) is 13.7. The highest BCUT2D eigenvalue weighted by molar-refractivity contribution is 5.96. The highest BCUT2D eigenvalue weighted by atomic mass is 16.5. The summed E-state index contributed by atoms with van der Waals surface area (Å²) in [7, 11) is 0. The summed E-state index contributed by atoms with van der Waals surface area (Å²) in [6, 6.07) is 7.48. The van der Waals surface area contributed by atoms with Crippen molar-refractivity contribution in [3.05, 3.63) is 29.8 Å². The Morgan fingerprint density at radius 3 is 2.53 bits per heavy atom. The molecule has 17 heavy (non-hydrogen) atoms. The Kier molecular flexibility index (Phi) is 5.70. The number of ether oxygens (including phenoxy) is 1. The van der Waals surface area contributed by atoms with Gasteiger partial charge in [0.15, 0.2) is 5.78 Å². The number of hydrogen-bond donors (Lipinski definition) is 1. The van der Waals surface area contributed by atoms with E-state index in [9.17, 15) is 4.79 Å². The summed E-state index contributed by atoms with van der Waals surface area (Å²) in [5, 5.41) is 0. The van der Waals surface area contributed by atoms with E-state index in [0.29, 0.717) is 13.0 Å². The topological polar surface area (TPSA) is 52.3 Å². The molecule has 1 aromatic carbocycles. The number of Topliss-reactive ketones (excluding diaryl/α,β-unsaturated/α-hetero) is 1. The molecule has 1 rings (SSSR count). The normalized spacial score (nSPS) is 12.2. The van der Waals surface area contributed by atoms with E-state index in [0.717, 1.165) is 24.2 Å². The van der Waals surface area contributed by atoms with E-state index >= 15 is 0 Å². The Bertz CT molecular complexity index is 344. The van der Waals surface area contributed by atoms with E-state index in [2.05, 4.69) is 0 Å². The zero-order valence-electron chi connectivity index (χ0n) is 10.6. The third kappa shape index (κ3) is 5.00. The second-order valence-corrected chi connectivity index (χ2v) is 4.25. The molecule has 1 aromatic rings. The first-order valence-electron chi connectivity index (χ1n) is 6.15. The summed E-state index contributed by atoms with van der Waals surface area (Å²) in [5.41, 5.74) is 6.39. The maximum atomic E-state index is 11.8. The highest BCUT2D eigenvalue weighted by Crippen LogP contribution is 2.14. The molecular weight excluding hydrogens is 214 g/mol. The predicted molar refractivity (Wildman–Crippen MR) is 69.4 cm³/mol. The van der Waals surface area contributed by atoms with Gasteiger partial charge in [0.05, 0.1) is 6.61 Å². The molecule has 0 heterocycles. The highest BCUT2D eigenvalue weighted by Gasteiger charge is 2.06. The Morgan fingerprint density at radius 2 is 2.00 bits per heavy atom. The van der Waals surface area contributed by atoms with E-state index in [1.54, 1.807) is 0 Å². The molecule has 3 nitrogen and oxygen atoms in total. The summed E-state index contributed by atoms with van der Waals surface area (Å²) in [5.74, 6) is 0.980. The number of ketones is 1. The summed E-state index contributed by atoms with van der Waals surface area (Å²) in [4.78, 5) is 11.8. The van der Waals surface area contributed by atoms with Crippen molar-refractivity contribution in [2.75, 3.05) is 6.61 Å². The molecule has 0 aliphatic rings. The van der Waals surface area contributed by atoms with Crippen molar-refractivity contribution in [2.24, 2.45) is 5.73 Å². The van der Waals surface area contributed by atoms with Crippen LogP contribution in [-0.4, -0.2) is 18.4 Å². The minimum Gasteiger partial charge on any atom is -0.494 e. The molecule has 1 atom stereocenters. The van der Waals surface area contributed by atoms with E-state index < -0.39 is 0 Å². The van der Waals surface area contributed by atoms with Crippen LogP contribution in [0.15, 0.2) is 24.3 Å². The molecule has 1 unspecified atom stereocenters. The third-order valence-electron chi connectivity index (χ3n) is 2.55. The van der Waals surface area contributed by atoms with Crippen molar-refractivity contribution < 1.29 is 9.53 Å². The van der Waals surface area contributed by atoms with Crippen LogP contribution in [-0.2, 0) is 0 Å². The van der Waals surface area contributed by atoms with Crippen LogP contribution < -0.4 is 10.5 Å². The molecule has 0 aliphatic carbocycles. The fourth-order valence-electron chi connectivity index (χ4n) is 1.63. The van der Waals surface area contributed by atoms with Gasteiger partial charge in [-0.1, -0.05) is 0 Å². The molecule has 0 saturated heterocycles. The average Bonchev–Trinajstić information content (AvgIpc) is 2.30. The molecule has 0 aliphatic heterocycles. The second-order valence-electron chi connectivity index (χ2n) is 4.25. The molecule has 0 amide bonds. The predicted octanol–water partition coefficient (Wildman–Crippen LogP) is 2.79.